The van der Waals surface area contributed by atoms with Gasteiger partial charge in [0.05, 0.1) is 6.54 Å². The topological polar surface area (TPSA) is 58.5 Å². The third kappa shape index (κ3) is 5.49. The molecular formula is C13H17F3N4O. The molecule has 0 aromatic carbocycles. The van der Waals surface area contributed by atoms with Crippen LogP contribution < -0.4 is 15.4 Å². The van der Waals surface area contributed by atoms with Gasteiger partial charge in [-0.2, -0.15) is 13.2 Å². The molecule has 21 heavy (non-hydrogen) atoms. The highest BCUT2D eigenvalue weighted by Gasteiger charge is 2.28. The van der Waals surface area contributed by atoms with Gasteiger partial charge in [-0.15, -0.1) is 0 Å². The summed E-state index contributed by atoms with van der Waals surface area (Å²) in [6, 6.07) is 3.49. The first-order chi connectivity index (χ1) is 9.92. The van der Waals surface area contributed by atoms with Crippen molar-refractivity contribution >= 4 is 5.96 Å². The molecule has 1 aliphatic rings. The summed E-state index contributed by atoms with van der Waals surface area (Å²) in [5, 5.41) is 6.33. The molecule has 0 amide bonds. The lowest BCUT2D eigenvalue weighted by Crippen LogP contribution is -2.38. The molecule has 5 nitrogen and oxygen atoms in total. The number of aliphatic imine (C=N–C) groups is 1. The minimum absolute atomic E-state index is 0.0281. The van der Waals surface area contributed by atoms with E-state index in [1.807, 2.05) is 6.92 Å². The molecule has 0 spiro atoms. The average molecular weight is 302 g/mol. The van der Waals surface area contributed by atoms with Crippen LogP contribution in [0.1, 0.15) is 12.5 Å². The van der Waals surface area contributed by atoms with Gasteiger partial charge in [0.25, 0.3) is 0 Å². The van der Waals surface area contributed by atoms with Crippen molar-refractivity contribution in [3.63, 3.8) is 0 Å². The number of nitrogens with one attached hydrogen (secondary N) is 2. The Morgan fingerprint density at radius 1 is 1.43 bits per heavy atom. The predicted octanol–water partition coefficient (Wildman–Crippen LogP) is 1.50. The maximum Gasteiger partial charge on any atom is 0.422 e. The molecule has 0 radical (unpaired) electrons. The van der Waals surface area contributed by atoms with Crippen molar-refractivity contribution in [3.8, 4) is 5.88 Å². The molecule has 2 heterocycles. The Balaban J connectivity index is 1.72. The molecule has 0 fully saturated rings. The van der Waals surface area contributed by atoms with E-state index in [0.29, 0.717) is 19.0 Å². The molecule has 0 aliphatic carbocycles. The number of halogens is 3. The molecule has 1 aromatic rings. The first kappa shape index (κ1) is 15.4. The number of hydrogen-bond donors (Lipinski definition) is 2. The Hall–Kier alpha value is -1.99. The van der Waals surface area contributed by atoms with Gasteiger partial charge in [0.2, 0.25) is 5.88 Å². The highest BCUT2D eigenvalue weighted by molar-refractivity contribution is 5.81. The van der Waals surface area contributed by atoms with Crippen LogP contribution in [0.15, 0.2) is 23.3 Å². The summed E-state index contributed by atoms with van der Waals surface area (Å²) < 4.78 is 40.5. The van der Waals surface area contributed by atoms with Gasteiger partial charge in [0, 0.05) is 24.8 Å². The molecule has 2 rings (SSSR count). The third-order valence-electron chi connectivity index (χ3n) is 2.79. The van der Waals surface area contributed by atoms with Crippen molar-refractivity contribution in [3.05, 3.63) is 23.9 Å². The molecule has 1 unspecified atom stereocenters. The number of pyridine rings is 1. The number of alkyl halides is 3. The van der Waals surface area contributed by atoms with E-state index in [2.05, 4.69) is 25.3 Å². The summed E-state index contributed by atoms with van der Waals surface area (Å²) in [6.45, 7) is 2.14. The summed E-state index contributed by atoms with van der Waals surface area (Å²) in [4.78, 5) is 8.11. The summed E-state index contributed by atoms with van der Waals surface area (Å²) in [5.74, 6) is 0.750. The molecule has 2 N–H and O–H groups in total. The zero-order chi connectivity index (χ0) is 15.3. The molecule has 116 valence electrons. The zero-order valence-corrected chi connectivity index (χ0v) is 11.6. The normalized spacial score (nSPS) is 18.1. The second-order valence-electron chi connectivity index (χ2n) is 4.82. The van der Waals surface area contributed by atoms with E-state index in [0.717, 1.165) is 18.1 Å². The first-order valence-corrected chi connectivity index (χ1v) is 6.62. The van der Waals surface area contributed by atoms with Gasteiger partial charge in [-0.25, -0.2) is 4.98 Å². The molecule has 8 heteroatoms. The molecule has 0 saturated carbocycles. The number of hydrogen-bond acceptors (Lipinski definition) is 5. The van der Waals surface area contributed by atoms with Gasteiger partial charge in [0.15, 0.2) is 12.6 Å². The van der Waals surface area contributed by atoms with E-state index in [1.165, 1.54) is 12.3 Å². The average Bonchev–Trinajstić information content (AvgIpc) is 2.83. The van der Waals surface area contributed by atoms with Gasteiger partial charge in [-0.3, -0.25) is 4.99 Å². The molecule has 1 atom stereocenters. The highest BCUT2D eigenvalue weighted by Crippen LogP contribution is 2.17. The fourth-order valence-electron chi connectivity index (χ4n) is 1.79. The van der Waals surface area contributed by atoms with Gasteiger partial charge in [-0.1, -0.05) is 6.07 Å². The van der Waals surface area contributed by atoms with Crippen LogP contribution in [0.2, 0.25) is 0 Å². The van der Waals surface area contributed by atoms with Crippen LogP contribution in [0.3, 0.4) is 0 Å². The van der Waals surface area contributed by atoms with Crippen LogP contribution >= 0.6 is 0 Å². The fourth-order valence-corrected chi connectivity index (χ4v) is 1.79. The quantitative estimate of drug-likeness (QED) is 0.865. The van der Waals surface area contributed by atoms with Crippen molar-refractivity contribution in [2.45, 2.75) is 25.6 Å². The first-order valence-electron chi connectivity index (χ1n) is 6.62. The Labute approximate surface area is 120 Å². The highest BCUT2D eigenvalue weighted by atomic mass is 19.4. The van der Waals surface area contributed by atoms with Gasteiger partial charge < -0.3 is 15.4 Å². The lowest BCUT2D eigenvalue weighted by molar-refractivity contribution is -0.154. The van der Waals surface area contributed by atoms with Crippen molar-refractivity contribution < 1.29 is 17.9 Å². The molecule has 1 aliphatic heterocycles. The molecule has 0 saturated heterocycles. The number of guanidine groups is 1. The number of aromatic nitrogens is 1. The van der Waals surface area contributed by atoms with Gasteiger partial charge in [0.1, 0.15) is 0 Å². The number of nitrogens with zero attached hydrogens (tertiary/aromatic N) is 2. The Kier molecular flexibility index (Phi) is 4.87. The SMILES string of the molecule is CC1CN=C(NCCc2ccc(OCC(F)(F)F)nc2)N1. The Morgan fingerprint density at radius 3 is 2.81 bits per heavy atom. The van der Waals surface area contributed by atoms with Crippen LogP contribution in [0.5, 0.6) is 5.88 Å². The monoisotopic (exact) mass is 302 g/mol. The number of ether oxygens (including phenoxy) is 1. The van der Waals surface area contributed by atoms with E-state index in [1.54, 1.807) is 6.07 Å². The zero-order valence-electron chi connectivity index (χ0n) is 11.6. The minimum atomic E-state index is -4.35. The van der Waals surface area contributed by atoms with Gasteiger partial charge >= 0.3 is 6.18 Å². The van der Waals surface area contributed by atoms with Crippen LogP contribution in [-0.2, 0) is 6.42 Å². The van der Waals surface area contributed by atoms with Crippen molar-refractivity contribution in [1.29, 1.82) is 0 Å². The van der Waals surface area contributed by atoms with E-state index >= 15 is 0 Å². The smallest absolute Gasteiger partial charge is 0.422 e. The van der Waals surface area contributed by atoms with E-state index in [4.69, 9.17) is 0 Å². The summed E-state index contributed by atoms with van der Waals surface area (Å²) >= 11 is 0. The predicted molar refractivity (Wildman–Crippen MR) is 72.4 cm³/mol. The lowest BCUT2D eigenvalue weighted by atomic mass is 10.2. The third-order valence-corrected chi connectivity index (χ3v) is 2.79. The van der Waals surface area contributed by atoms with Crippen molar-refractivity contribution in [2.75, 3.05) is 19.7 Å². The molecule has 1 aromatic heterocycles. The maximum atomic E-state index is 12.0. The minimum Gasteiger partial charge on any atom is -0.468 e. The Bertz CT molecular complexity index is 487. The van der Waals surface area contributed by atoms with Crippen molar-refractivity contribution in [1.82, 2.24) is 15.6 Å². The van der Waals surface area contributed by atoms with E-state index in [-0.39, 0.29) is 5.88 Å². The Morgan fingerprint density at radius 2 is 2.24 bits per heavy atom. The second-order valence-corrected chi connectivity index (χ2v) is 4.82. The summed E-state index contributed by atoms with van der Waals surface area (Å²) in [7, 11) is 0. The van der Waals surface area contributed by atoms with Crippen LogP contribution in [-0.4, -0.2) is 42.9 Å². The maximum absolute atomic E-state index is 12.0. The standard InChI is InChI=1S/C13H17F3N4O/c1-9-6-19-12(20-9)17-5-4-10-2-3-11(18-7-10)21-8-13(14,15)16/h2-3,7,9H,4-6,8H2,1H3,(H2,17,19,20). The summed E-state index contributed by atoms with van der Waals surface area (Å²) in [6.07, 6.45) is -2.14. The largest absolute Gasteiger partial charge is 0.468 e. The summed E-state index contributed by atoms with van der Waals surface area (Å²) in [5.41, 5.74) is 0.911. The fraction of sp³-hybridized carbons (Fsp3) is 0.538. The number of rotatable bonds is 5. The van der Waals surface area contributed by atoms with Crippen LogP contribution in [0, 0.1) is 0 Å². The van der Waals surface area contributed by atoms with Crippen molar-refractivity contribution in [2.24, 2.45) is 4.99 Å². The molecule has 0 bridgehead atoms. The van der Waals surface area contributed by atoms with Crippen LogP contribution in [0.25, 0.3) is 0 Å². The van der Waals surface area contributed by atoms with Crippen LogP contribution in [0.4, 0.5) is 13.2 Å². The van der Waals surface area contributed by atoms with E-state index in [9.17, 15) is 13.2 Å². The molecular weight excluding hydrogens is 285 g/mol. The lowest BCUT2D eigenvalue weighted by Gasteiger charge is -2.10. The van der Waals surface area contributed by atoms with Gasteiger partial charge in [-0.05, 0) is 18.9 Å². The van der Waals surface area contributed by atoms with E-state index < -0.39 is 12.8 Å². The second kappa shape index (κ2) is 6.64.